The minimum Gasteiger partial charge on any atom is -0.497 e. The lowest BCUT2D eigenvalue weighted by molar-refractivity contribution is -0.122. The Kier molecular flexibility index (Phi) is 11.1. The first kappa shape index (κ1) is 30.2. The number of unbranched alkanes of at least 4 members (excludes halogenated alkanes) is 1. The van der Waals surface area contributed by atoms with Gasteiger partial charge in [-0.1, -0.05) is 38.5 Å². The number of benzene rings is 2. The number of carbonyl (C=O) groups excluding carboxylic acids is 1. The van der Waals surface area contributed by atoms with Crippen molar-refractivity contribution >= 4 is 11.6 Å². The fourth-order valence-electron chi connectivity index (χ4n) is 5.90. The Labute approximate surface area is 239 Å². The number of hydrogen-bond donors (Lipinski definition) is 2. The summed E-state index contributed by atoms with van der Waals surface area (Å²) in [6.07, 6.45) is 3.39. The number of anilines is 1. The summed E-state index contributed by atoms with van der Waals surface area (Å²) in [7, 11) is 3.43. The molecule has 2 heterocycles. The van der Waals surface area contributed by atoms with Gasteiger partial charge in [0.25, 0.3) is 0 Å². The molecule has 0 aliphatic carbocycles. The predicted octanol–water partition coefficient (Wildman–Crippen LogP) is 4.52. The molecule has 2 aliphatic heterocycles. The predicted molar refractivity (Wildman–Crippen MR) is 158 cm³/mol. The first-order chi connectivity index (χ1) is 19.5. The van der Waals surface area contributed by atoms with Crippen LogP contribution in [0.3, 0.4) is 0 Å². The number of nitrogens with zero attached hydrogens (tertiary/aromatic N) is 1. The fraction of sp³-hybridized carbons (Fsp3) is 0.594. The molecule has 3 atom stereocenters. The highest BCUT2D eigenvalue weighted by molar-refractivity contribution is 5.75. The smallest absolute Gasteiger partial charge is 0.220 e. The van der Waals surface area contributed by atoms with Crippen molar-refractivity contribution in [2.45, 2.75) is 58.2 Å². The topological polar surface area (TPSA) is 81.3 Å². The summed E-state index contributed by atoms with van der Waals surface area (Å²) in [6.45, 7) is 10.2. The van der Waals surface area contributed by atoms with Crippen molar-refractivity contribution < 1.29 is 23.7 Å². The molecule has 1 saturated heterocycles. The molecule has 1 amide bonds. The van der Waals surface area contributed by atoms with Crippen LogP contribution in [0.2, 0.25) is 0 Å². The van der Waals surface area contributed by atoms with Crippen LogP contribution in [0.25, 0.3) is 0 Å². The van der Waals surface area contributed by atoms with E-state index in [2.05, 4.69) is 59.7 Å². The highest BCUT2D eigenvalue weighted by atomic mass is 16.5. The van der Waals surface area contributed by atoms with E-state index in [9.17, 15) is 4.79 Å². The lowest BCUT2D eigenvalue weighted by Gasteiger charge is -2.46. The average Bonchev–Trinajstić information content (AvgIpc) is 2.98. The zero-order valence-electron chi connectivity index (χ0n) is 24.7. The van der Waals surface area contributed by atoms with Crippen LogP contribution in [0.15, 0.2) is 42.5 Å². The van der Waals surface area contributed by atoms with Crippen molar-refractivity contribution in [2.75, 3.05) is 65.1 Å². The van der Waals surface area contributed by atoms with Gasteiger partial charge in [-0.3, -0.25) is 4.79 Å². The molecular weight excluding hydrogens is 506 g/mol. The third-order valence-electron chi connectivity index (χ3n) is 8.14. The zero-order valence-corrected chi connectivity index (χ0v) is 24.7. The zero-order chi connectivity index (χ0) is 28.4. The molecule has 2 aromatic rings. The van der Waals surface area contributed by atoms with Crippen LogP contribution < -0.4 is 25.0 Å². The maximum absolute atomic E-state index is 12.5. The van der Waals surface area contributed by atoms with Crippen LogP contribution in [-0.4, -0.2) is 72.2 Å². The summed E-state index contributed by atoms with van der Waals surface area (Å²) >= 11 is 0. The minimum absolute atomic E-state index is 0.0650. The quantitative estimate of drug-likeness (QED) is 0.333. The summed E-state index contributed by atoms with van der Waals surface area (Å²) < 4.78 is 23.3. The molecule has 2 unspecified atom stereocenters. The van der Waals surface area contributed by atoms with Gasteiger partial charge in [-0.15, -0.1) is 0 Å². The number of hydrogen-bond acceptors (Lipinski definition) is 7. The molecule has 8 heteroatoms. The number of rotatable bonds is 14. The minimum atomic E-state index is -0.221. The van der Waals surface area contributed by atoms with Gasteiger partial charge in [-0.05, 0) is 48.2 Å². The van der Waals surface area contributed by atoms with Crippen molar-refractivity contribution in [3.8, 4) is 11.5 Å². The Bertz CT molecular complexity index is 1080. The van der Waals surface area contributed by atoms with Gasteiger partial charge in [0.05, 0.1) is 32.1 Å². The molecular formula is C32H47N3O5. The molecule has 0 saturated carbocycles. The maximum Gasteiger partial charge on any atom is 0.220 e. The Morgan fingerprint density at radius 2 is 2.00 bits per heavy atom. The number of fused-ring (bicyclic) bond motifs is 1. The van der Waals surface area contributed by atoms with E-state index in [1.807, 2.05) is 12.1 Å². The Hall–Kier alpha value is -2.81. The number of piperidine rings is 1. The van der Waals surface area contributed by atoms with Crippen LogP contribution in [-0.2, 0) is 20.9 Å². The van der Waals surface area contributed by atoms with Crippen LogP contribution in [0.4, 0.5) is 5.69 Å². The first-order valence-corrected chi connectivity index (χ1v) is 14.7. The van der Waals surface area contributed by atoms with Crippen molar-refractivity contribution in [3.63, 3.8) is 0 Å². The molecule has 0 radical (unpaired) electrons. The number of methoxy groups -OCH3 is 2. The summed E-state index contributed by atoms with van der Waals surface area (Å²) in [4.78, 5) is 14.9. The van der Waals surface area contributed by atoms with Gasteiger partial charge in [-0.2, -0.15) is 0 Å². The van der Waals surface area contributed by atoms with Gasteiger partial charge in [0, 0.05) is 57.6 Å². The highest BCUT2D eigenvalue weighted by Gasteiger charge is 2.44. The van der Waals surface area contributed by atoms with Gasteiger partial charge in [0.2, 0.25) is 5.91 Å². The van der Waals surface area contributed by atoms with Crippen LogP contribution in [0.5, 0.6) is 11.5 Å². The normalized spacial score (nSPS) is 22.4. The average molecular weight is 554 g/mol. The lowest BCUT2D eigenvalue weighted by atomic mass is 9.68. The Balaban J connectivity index is 1.51. The molecule has 1 fully saturated rings. The molecule has 2 N–H and O–H groups in total. The van der Waals surface area contributed by atoms with Gasteiger partial charge in [0.1, 0.15) is 18.1 Å². The lowest BCUT2D eigenvalue weighted by Crippen LogP contribution is -2.56. The Morgan fingerprint density at radius 3 is 2.75 bits per heavy atom. The Morgan fingerprint density at radius 1 is 1.18 bits per heavy atom. The second kappa shape index (κ2) is 14.7. The number of ether oxygens (including phenoxy) is 4. The first-order valence-electron chi connectivity index (χ1n) is 14.7. The van der Waals surface area contributed by atoms with Crippen molar-refractivity contribution in [1.29, 1.82) is 0 Å². The van der Waals surface area contributed by atoms with Crippen LogP contribution in [0, 0.1) is 5.41 Å². The summed E-state index contributed by atoms with van der Waals surface area (Å²) in [5.41, 5.74) is 3.22. The molecule has 4 rings (SSSR count). The molecule has 2 aliphatic rings. The third-order valence-corrected chi connectivity index (χ3v) is 8.14. The van der Waals surface area contributed by atoms with E-state index in [0.717, 1.165) is 74.8 Å². The number of amides is 1. The van der Waals surface area contributed by atoms with Gasteiger partial charge in [-0.25, -0.2) is 0 Å². The van der Waals surface area contributed by atoms with E-state index < -0.39 is 0 Å². The van der Waals surface area contributed by atoms with E-state index in [4.69, 9.17) is 18.9 Å². The van der Waals surface area contributed by atoms with E-state index in [1.54, 1.807) is 14.2 Å². The molecule has 8 nitrogen and oxygen atoms in total. The monoisotopic (exact) mass is 553 g/mol. The van der Waals surface area contributed by atoms with Crippen molar-refractivity contribution in [2.24, 2.45) is 5.41 Å². The largest absolute Gasteiger partial charge is 0.497 e. The van der Waals surface area contributed by atoms with Gasteiger partial charge in [0.15, 0.2) is 0 Å². The molecule has 0 bridgehead atoms. The van der Waals surface area contributed by atoms with E-state index in [1.165, 1.54) is 5.56 Å². The second-order valence-corrected chi connectivity index (χ2v) is 11.2. The number of nitrogens with one attached hydrogen (secondary N) is 2. The maximum atomic E-state index is 12.5. The van der Waals surface area contributed by atoms with Gasteiger partial charge >= 0.3 is 0 Å². The van der Waals surface area contributed by atoms with E-state index >= 15 is 0 Å². The van der Waals surface area contributed by atoms with Gasteiger partial charge < -0.3 is 34.5 Å². The second-order valence-electron chi connectivity index (χ2n) is 11.2. The molecule has 40 heavy (non-hydrogen) atoms. The van der Waals surface area contributed by atoms with Crippen LogP contribution in [0.1, 0.15) is 56.6 Å². The summed E-state index contributed by atoms with van der Waals surface area (Å²) in [5, 5.41) is 6.81. The molecule has 0 spiro atoms. The molecule has 0 aromatic heterocycles. The van der Waals surface area contributed by atoms with E-state index in [-0.39, 0.29) is 23.3 Å². The van der Waals surface area contributed by atoms with Crippen molar-refractivity contribution in [1.82, 2.24) is 10.6 Å². The van der Waals surface area contributed by atoms with E-state index in [0.29, 0.717) is 26.2 Å². The third kappa shape index (κ3) is 7.68. The molecule has 2 aromatic carbocycles. The summed E-state index contributed by atoms with van der Waals surface area (Å²) in [6, 6.07) is 14.7. The summed E-state index contributed by atoms with van der Waals surface area (Å²) in [5.74, 6) is 1.97. The highest BCUT2D eigenvalue weighted by Crippen LogP contribution is 2.42. The standard InChI is InChI=1S/C32H47N3O5/c1-5-6-8-30(36)34-23-32(2)22-33-20-29(31(32)25-10-12-26(38-4)13-11-25)40-21-24-9-14-28-27(19-24)35(16-18-39-28)15-7-17-37-3/h9-14,19,29,31,33H,5-8,15-18,20-23H2,1-4H3,(H,34,36)/t29?,31?,32-/m1/s1. The SMILES string of the molecule is CCCCC(=O)NC[C@@]1(C)CNCC(OCc2ccc3c(c2)N(CCCOC)CCO3)C1c1ccc(OC)cc1. The molecule has 220 valence electrons. The van der Waals surface area contributed by atoms with Crippen LogP contribution >= 0.6 is 0 Å². The fourth-order valence-corrected chi connectivity index (χ4v) is 5.90. The number of carbonyl (C=O) groups is 1. The van der Waals surface area contributed by atoms with Crippen molar-refractivity contribution in [3.05, 3.63) is 53.6 Å².